The van der Waals surface area contributed by atoms with Crippen LogP contribution in [0.3, 0.4) is 0 Å². The summed E-state index contributed by atoms with van der Waals surface area (Å²) in [5.41, 5.74) is -1.56. The summed E-state index contributed by atoms with van der Waals surface area (Å²) < 4.78 is 28.9. The zero-order valence-corrected chi connectivity index (χ0v) is 21.4. The van der Waals surface area contributed by atoms with Gasteiger partial charge in [-0.3, -0.25) is 24.0 Å². The molecule has 34 heavy (non-hydrogen) atoms. The minimum atomic E-state index is -2.29. The van der Waals surface area contributed by atoms with Gasteiger partial charge in [-0.1, -0.05) is 0 Å². The van der Waals surface area contributed by atoms with Gasteiger partial charge in [0.2, 0.25) is 4.51 Å². The number of hydrogen-bond acceptors (Lipinski definition) is 12. The maximum atomic E-state index is 13.4. The molecule has 1 aliphatic heterocycles. The predicted molar refractivity (Wildman–Crippen MR) is 114 cm³/mol. The highest BCUT2D eigenvalue weighted by molar-refractivity contribution is 9.10. The van der Waals surface area contributed by atoms with Crippen molar-refractivity contribution < 1.29 is 57.2 Å². The van der Waals surface area contributed by atoms with Crippen LogP contribution in [-0.2, 0) is 57.2 Å². The predicted octanol–water partition coefficient (Wildman–Crippen LogP) is -0.0976. The number of hydrogen-bond donors (Lipinski definition) is 1. The van der Waals surface area contributed by atoms with Crippen LogP contribution in [0.5, 0.6) is 0 Å². The molecule has 13 nitrogen and oxygen atoms in total. The average Bonchev–Trinajstić information content (AvgIpc) is 2.69. The summed E-state index contributed by atoms with van der Waals surface area (Å²) in [5, 5.41) is 2.40. The topological polar surface area (TPSA) is 170 Å². The van der Waals surface area contributed by atoms with Crippen LogP contribution in [0.2, 0.25) is 0 Å². The Morgan fingerprint density at radius 1 is 0.882 bits per heavy atom. The normalized spacial score (nSPS) is 26.5. The third kappa shape index (κ3) is 7.38. The second-order valence-electron chi connectivity index (χ2n) is 7.85. The molecular formula is C20H28BrNO12. The van der Waals surface area contributed by atoms with Gasteiger partial charge in [0.05, 0.1) is 7.11 Å². The second-order valence-corrected chi connectivity index (χ2v) is 9.03. The van der Waals surface area contributed by atoms with Crippen molar-refractivity contribution in [1.29, 1.82) is 0 Å². The molecule has 1 fully saturated rings. The van der Waals surface area contributed by atoms with E-state index in [0.717, 1.165) is 34.8 Å². The standard InChI is InChI=1S/C20H28BrNO12/c1-9(23)30-8-13-14(31-10(2)24)15(32-11(3)25)16(33-12(4)26)20(21,34-13)17(27)22-19(5,6)18(28)29-7/h13-16H,8H2,1-7H3,(H,22,27)/t13-,14+,15+,16-,20-/m1/s1. The summed E-state index contributed by atoms with van der Waals surface area (Å²) in [5.74, 6) is -5.12. The van der Waals surface area contributed by atoms with E-state index in [1.54, 1.807) is 0 Å². The third-order valence-electron chi connectivity index (χ3n) is 4.46. The Kier molecular flexibility index (Phi) is 9.99. The lowest BCUT2D eigenvalue weighted by Crippen LogP contribution is -2.71. The van der Waals surface area contributed by atoms with Gasteiger partial charge < -0.3 is 33.7 Å². The van der Waals surface area contributed by atoms with Crippen LogP contribution < -0.4 is 5.32 Å². The van der Waals surface area contributed by atoms with Gasteiger partial charge in [0.15, 0.2) is 18.3 Å². The van der Waals surface area contributed by atoms with Crippen LogP contribution in [0.4, 0.5) is 0 Å². The van der Waals surface area contributed by atoms with Crippen molar-refractivity contribution in [1.82, 2.24) is 5.32 Å². The average molecular weight is 554 g/mol. The highest BCUT2D eigenvalue weighted by Gasteiger charge is 2.63. The Morgan fingerprint density at radius 2 is 1.38 bits per heavy atom. The van der Waals surface area contributed by atoms with Gasteiger partial charge in [-0.2, -0.15) is 0 Å². The minimum absolute atomic E-state index is 0.529. The largest absolute Gasteiger partial charge is 0.467 e. The van der Waals surface area contributed by atoms with E-state index in [1.165, 1.54) is 13.8 Å². The Bertz CT molecular complexity index is 843. The molecule has 14 heteroatoms. The number of esters is 5. The second kappa shape index (κ2) is 11.6. The Labute approximate surface area is 204 Å². The van der Waals surface area contributed by atoms with E-state index < -0.39 is 76.8 Å². The van der Waals surface area contributed by atoms with E-state index in [1.807, 2.05) is 0 Å². The van der Waals surface area contributed by atoms with Crippen molar-refractivity contribution in [3.63, 3.8) is 0 Å². The van der Waals surface area contributed by atoms with Crippen LogP contribution in [0.1, 0.15) is 41.5 Å². The molecule has 1 N–H and O–H groups in total. The Morgan fingerprint density at radius 3 is 1.82 bits per heavy atom. The quantitative estimate of drug-likeness (QED) is 0.241. The molecule has 0 aromatic heterocycles. The Hall–Kier alpha value is -2.74. The van der Waals surface area contributed by atoms with Crippen LogP contribution in [0, 0.1) is 0 Å². The van der Waals surface area contributed by atoms with Crippen molar-refractivity contribution in [2.24, 2.45) is 0 Å². The van der Waals surface area contributed by atoms with Crippen molar-refractivity contribution in [2.75, 3.05) is 13.7 Å². The molecule has 1 rings (SSSR count). The molecule has 1 aliphatic rings. The summed E-state index contributed by atoms with van der Waals surface area (Å²) in [6, 6.07) is 0. The van der Waals surface area contributed by atoms with E-state index in [4.69, 9.17) is 23.7 Å². The molecule has 0 aromatic rings. The molecule has 0 saturated carbocycles. The Balaban J connectivity index is 3.61. The molecule has 0 aromatic carbocycles. The molecule has 0 radical (unpaired) electrons. The number of amides is 1. The molecule has 1 amide bonds. The summed E-state index contributed by atoms with van der Waals surface area (Å²) in [4.78, 5) is 72.4. The van der Waals surface area contributed by atoms with Crippen molar-refractivity contribution in [2.45, 2.75) is 76.0 Å². The first kappa shape index (κ1) is 29.3. The molecule has 1 saturated heterocycles. The maximum absolute atomic E-state index is 13.4. The van der Waals surface area contributed by atoms with E-state index >= 15 is 0 Å². The van der Waals surface area contributed by atoms with E-state index in [2.05, 4.69) is 26.0 Å². The van der Waals surface area contributed by atoms with Crippen LogP contribution >= 0.6 is 15.9 Å². The zero-order valence-electron chi connectivity index (χ0n) is 19.8. The van der Waals surface area contributed by atoms with Gasteiger partial charge in [0.1, 0.15) is 18.2 Å². The summed E-state index contributed by atoms with van der Waals surface area (Å²) in [6.45, 7) is 6.41. The molecule has 5 atom stereocenters. The number of nitrogens with one attached hydrogen (secondary N) is 1. The fourth-order valence-corrected chi connectivity index (χ4v) is 3.81. The van der Waals surface area contributed by atoms with E-state index in [-0.39, 0.29) is 0 Å². The third-order valence-corrected chi connectivity index (χ3v) is 5.45. The van der Waals surface area contributed by atoms with Crippen LogP contribution in [-0.4, -0.2) is 83.9 Å². The monoisotopic (exact) mass is 553 g/mol. The van der Waals surface area contributed by atoms with Gasteiger partial charge in [-0.25, -0.2) is 4.79 Å². The van der Waals surface area contributed by atoms with Crippen molar-refractivity contribution in [3.05, 3.63) is 0 Å². The lowest BCUT2D eigenvalue weighted by atomic mass is 9.92. The number of alkyl halides is 1. The van der Waals surface area contributed by atoms with E-state index in [0.29, 0.717) is 0 Å². The fraction of sp³-hybridized carbons (Fsp3) is 0.700. The number of carbonyl (C=O) groups excluding carboxylic acids is 6. The summed E-state index contributed by atoms with van der Waals surface area (Å²) in [6.07, 6.45) is -6.10. The maximum Gasteiger partial charge on any atom is 0.330 e. The summed E-state index contributed by atoms with van der Waals surface area (Å²) in [7, 11) is 1.12. The lowest BCUT2D eigenvalue weighted by Gasteiger charge is -2.48. The molecule has 0 spiro atoms. The first-order valence-electron chi connectivity index (χ1n) is 9.98. The highest BCUT2D eigenvalue weighted by atomic mass is 79.9. The first-order chi connectivity index (χ1) is 15.5. The molecule has 192 valence electrons. The first-order valence-corrected chi connectivity index (χ1v) is 10.8. The van der Waals surface area contributed by atoms with Gasteiger partial charge in [0.25, 0.3) is 5.91 Å². The van der Waals surface area contributed by atoms with Crippen LogP contribution in [0.25, 0.3) is 0 Å². The highest BCUT2D eigenvalue weighted by Crippen LogP contribution is 2.40. The summed E-state index contributed by atoms with van der Waals surface area (Å²) >= 11 is 3.12. The van der Waals surface area contributed by atoms with Crippen molar-refractivity contribution >= 4 is 51.7 Å². The number of ether oxygens (including phenoxy) is 6. The smallest absolute Gasteiger partial charge is 0.330 e. The number of methoxy groups -OCH3 is 1. The molecule has 0 bridgehead atoms. The number of halogens is 1. The molecular weight excluding hydrogens is 526 g/mol. The van der Waals surface area contributed by atoms with Gasteiger partial charge >= 0.3 is 29.8 Å². The minimum Gasteiger partial charge on any atom is -0.467 e. The SMILES string of the molecule is COC(=O)C(C)(C)NC(=O)[C@]1(Br)O[C@H](COC(C)=O)[C@H](OC(C)=O)[C@H](OC(C)=O)[C@H]1OC(C)=O. The van der Waals surface area contributed by atoms with Crippen molar-refractivity contribution in [3.8, 4) is 0 Å². The zero-order chi connectivity index (χ0) is 26.4. The molecule has 1 heterocycles. The van der Waals surface area contributed by atoms with Gasteiger partial charge in [0, 0.05) is 27.7 Å². The fourth-order valence-electron chi connectivity index (χ4n) is 3.11. The lowest BCUT2D eigenvalue weighted by molar-refractivity contribution is -0.255. The number of rotatable bonds is 8. The van der Waals surface area contributed by atoms with E-state index in [9.17, 15) is 28.8 Å². The van der Waals surface area contributed by atoms with Crippen LogP contribution in [0.15, 0.2) is 0 Å². The molecule has 0 unspecified atom stereocenters. The van der Waals surface area contributed by atoms with Gasteiger partial charge in [-0.05, 0) is 29.8 Å². The van der Waals surface area contributed by atoms with Gasteiger partial charge in [-0.15, -0.1) is 0 Å². The number of carbonyl (C=O) groups is 6. The molecule has 0 aliphatic carbocycles.